The SMILES string of the molecule is CN(C)CC(C)(C)CN=C1NC2(CCOCC2)CS1. The lowest BCUT2D eigenvalue weighted by Gasteiger charge is -2.32. The average Bonchev–Trinajstić information content (AvgIpc) is 2.69. The Balaban J connectivity index is 1.88. The Kier molecular flexibility index (Phi) is 4.79. The summed E-state index contributed by atoms with van der Waals surface area (Å²) < 4.78 is 5.45. The van der Waals surface area contributed by atoms with Crippen molar-refractivity contribution in [2.75, 3.05) is 46.2 Å². The van der Waals surface area contributed by atoms with Crippen LogP contribution in [0, 0.1) is 5.41 Å². The molecule has 0 aromatic rings. The second-order valence-corrected chi connectivity index (χ2v) is 7.79. The van der Waals surface area contributed by atoms with Crippen LogP contribution >= 0.6 is 11.8 Å². The molecule has 2 saturated heterocycles. The number of nitrogens with zero attached hydrogens (tertiary/aromatic N) is 2. The van der Waals surface area contributed by atoms with Crippen LogP contribution in [0.25, 0.3) is 0 Å². The zero-order valence-corrected chi connectivity index (χ0v) is 13.5. The molecule has 2 aliphatic rings. The smallest absolute Gasteiger partial charge is 0.157 e. The zero-order valence-electron chi connectivity index (χ0n) is 12.7. The maximum Gasteiger partial charge on any atom is 0.157 e. The van der Waals surface area contributed by atoms with Crippen LogP contribution in [0.4, 0.5) is 0 Å². The van der Waals surface area contributed by atoms with E-state index < -0.39 is 0 Å². The first-order valence-corrected chi connectivity index (χ1v) is 8.07. The van der Waals surface area contributed by atoms with E-state index in [4.69, 9.17) is 9.73 Å². The van der Waals surface area contributed by atoms with E-state index in [9.17, 15) is 0 Å². The third-order valence-corrected chi connectivity index (χ3v) is 4.90. The van der Waals surface area contributed by atoms with Crippen LogP contribution in [0.1, 0.15) is 26.7 Å². The molecule has 1 N–H and O–H groups in total. The summed E-state index contributed by atoms with van der Waals surface area (Å²) >= 11 is 1.88. The summed E-state index contributed by atoms with van der Waals surface area (Å²) in [4.78, 5) is 7.03. The molecule has 0 unspecified atom stereocenters. The van der Waals surface area contributed by atoms with Gasteiger partial charge in [0.05, 0.1) is 5.54 Å². The van der Waals surface area contributed by atoms with Gasteiger partial charge in [-0.25, -0.2) is 0 Å². The number of aliphatic imine (C=N–C) groups is 1. The van der Waals surface area contributed by atoms with E-state index in [1.54, 1.807) is 0 Å². The number of rotatable bonds is 4. The zero-order chi connectivity index (χ0) is 13.9. The van der Waals surface area contributed by atoms with Gasteiger partial charge in [-0.1, -0.05) is 25.6 Å². The maximum atomic E-state index is 5.45. The van der Waals surface area contributed by atoms with Gasteiger partial charge in [-0.2, -0.15) is 0 Å². The highest BCUT2D eigenvalue weighted by molar-refractivity contribution is 8.14. The molecule has 4 nitrogen and oxygen atoms in total. The van der Waals surface area contributed by atoms with E-state index in [1.165, 1.54) is 0 Å². The highest BCUT2D eigenvalue weighted by Gasteiger charge is 2.38. The summed E-state index contributed by atoms with van der Waals surface area (Å²) in [5.41, 5.74) is 0.484. The predicted molar refractivity (Wildman–Crippen MR) is 83.0 cm³/mol. The molecule has 0 amide bonds. The number of nitrogens with one attached hydrogen (secondary N) is 1. The predicted octanol–water partition coefficient (Wildman–Crippen LogP) is 1.82. The number of hydrogen-bond donors (Lipinski definition) is 1. The molecule has 2 heterocycles. The van der Waals surface area contributed by atoms with Crippen LogP contribution in [-0.2, 0) is 4.74 Å². The number of hydrogen-bond acceptors (Lipinski definition) is 4. The third kappa shape index (κ3) is 4.36. The van der Waals surface area contributed by atoms with Gasteiger partial charge in [0, 0.05) is 32.1 Å². The van der Waals surface area contributed by atoms with Crippen molar-refractivity contribution in [3.05, 3.63) is 0 Å². The van der Waals surface area contributed by atoms with Gasteiger partial charge >= 0.3 is 0 Å². The Bertz CT molecular complexity index is 336. The molecule has 110 valence electrons. The lowest BCUT2D eigenvalue weighted by molar-refractivity contribution is 0.0555. The van der Waals surface area contributed by atoms with Gasteiger partial charge in [0.25, 0.3) is 0 Å². The largest absolute Gasteiger partial charge is 0.381 e. The van der Waals surface area contributed by atoms with E-state index in [2.05, 4.69) is 38.2 Å². The van der Waals surface area contributed by atoms with Crippen molar-refractivity contribution in [1.82, 2.24) is 10.2 Å². The Hall–Kier alpha value is -0.260. The first-order valence-electron chi connectivity index (χ1n) is 7.09. The van der Waals surface area contributed by atoms with Crippen molar-refractivity contribution in [2.45, 2.75) is 32.2 Å². The van der Waals surface area contributed by atoms with E-state index in [-0.39, 0.29) is 11.0 Å². The van der Waals surface area contributed by atoms with Gasteiger partial charge in [0.15, 0.2) is 5.17 Å². The fourth-order valence-electron chi connectivity index (χ4n) is 2.81. The molecule has 1 spiro atoms. The lowest BCUT2D eigenvalue weighted by atomic mass is 9.92. The molecule has 0 radical (unpaired) electrons. The highest BCUT2D eigenvalue weighted by atomic mass is 32.2. The van der Waals surface area contributed by atoms with Gasteiger partial charge in [-0.15, -0.1) is 0 Å². The lowest BCUT2D eigenvalue weighted by Crippen LogP contribution is -2.48. The first-order chi connectivity index (χ1) is 8.91. The molecule has 2 fully saturated rings. The second kappa shape index (κ2) is 6.02. The molecule has 19 heavy (non-hydrogen) atoms. The molecule has 2 aliphatic heterocycles. The van der Waals surface area contributed by atoms with Crippen LogP contribution in [0.3, 0.4) is 0 Å². The normalized spacial score (nSPS) is 25.2. The Morgan fingerprint density at radius 2 is 2.05 bits per heavy atom. The first kappa shape index (κ1) is 15.1. The molecule has 0 aromatic carbocycles. The standard InChI is InChI=1S/C14H27N3OS/c1-13(2,10-17(3)4)9-15-12-16-14(11-19-12)5-7-18-8-6-14/h5-11H2,1-4H3,(H,15,16). The van der Waals surface area contributed by atoms with Crippen LogP contribution in [-0.4, -0.2) is 61.8 Å². The monoisotopic (exact) mass is 285 g/mol. The molecule has 0 atom stereocenters. The van der Waals surface area contributed by atoms with Crippen LogP contribution in [0.5, 0.6) is 0 Å². The number of ether oxygens (including phenoxy) is 1. The van der Waals surface area contributed by atoms with Crippen molar-refractivity contribution in [3.8, 4) is 0 Å². The Morgan fingerprint density at radius 3 is 2.68 bits per heavy atom. The summed E-state index contributed by atoms with van der Waals surface area (Å²) in [6, 6.07) is 0. The van der Waals surface area contributed by atoms with E-state index in [0.29, 0.717) is 0 Å². The van der Waals surface area contributed by atoms with Crippen LogP contribution in [0.2, 0.25) is 0 Å². The fraction of sp³-hybridized carbons (Fsp3) is 0.929. The molecule has 0 aliphatic carbocycles. The van der Waals surface area contributed by atoms with Crippen LogP contribution in [0.15, 0.2) is 4.99 Å². The topological polar surface area (TPSA) is 36.9 Å². The maximum absolute atomic E-state index is 5.45. The van der Waals surface area contributed by atoms with E-state index in [1.807, 2.05) is 11.8 Å². The minimum absolute atomic E-state index is 0.226. The number of amidine groups is 1. The van der Waals surface area contributed by atoms with Gasteiger partial charge in [0.2, 0.25) is 0 Å². The summed E-state index contributed by atoms with van der Waals surface area (Å²) in [5, 5.41) is 4.78. The number of thioether (sulfide) groups is 1. The van der Waals surface area contributed by atoms with Gasteiger partial charge in [0.1, 0.15) is 0 Å². The van der Waals surface area contributed by atoms with Gasteiger partial charge in [-0.05, 0) is 32.4 Å². The molecule has 0 aromatic heterocycles. The van der Waals surface area contributed by atoms with Gasteiger partial charge < -0.3 is 15.0 Å². The van der Waals surface area contributed by atoms with E-state index >= 15 is 0 Å². The average molecular weight is 285 g/mol. The minimum atomic E-state index is 0.226. The quantitative estimate of drug-likeness (QED) is 0.855. The van der Waals surface area contributed by atoms with Crippen molar-refractivity contribution in [3.63, 3.8) is 0 Å². The molecular formula is C14H27N3OS. The molecular weight excluding hydrogens is 258 g/mol. The molecule has 5 heteroatoms. The Morgan fingerprint density at radius 1 is 1.37 bits per heavy atom. The van der Waals surface area contributed by atoms with Crippen molar-refractivity contribution in [1.29, 1.82) is 0 Å². The van der Waals surface area contributed by atoms with Crippen LogP contribution < -0.4 is 5.32 Å². The van der Waals surface area contributed by atoms with E-state index in [0.717, 1.165) is 50.1 Å². The van der Waals surface area contributed by atoms with Gasteiger partial charge in [-0.3, -0.25) is 4.99 Å². The van der Waals surface area contributed by atoms with Crippen molar-refractivity contribution in [2.24, 2.45) is 10.4 Å². The summed E-state index contributed by atoms with van der Waals surface area (Å²) in [5.74, 6) is 1.14. The Labute approximate surface area is 121 Å². The second-order valence-electron chi connectivity index (χ2n) is 6.83. The van der Waals surface area contributed by atoms with Crippen molar-refractivity contribution < 1.29 is 4.74 Å². The molecule has 0 bridgehead atoms. The van der Waals surface area contributed by atoms with Crippen molar-refractivity contribution >= 4 is 16.9 Å². The molecule has 0 saturated carbocycles. The highest BCUT2D eigenvalue weighted by Crippen LogP contribution is 2.32. The summed E-state index contributed by atoms with van der Waals surface area (Å²) in [6.45, 7) is 8.27. The molecule has 2 rings (SSSR count). The fourth-order valence-corrected chi connectivity index (χ4v) is 4.03. The third-order valence-electron chi connectivity index (χ3n) is 3.70. The minimum Gasteiger partial charge on any atom is -0.381 e. The summed E-state index contributed by atoms with van der Waals surface area (Å²) in [6.07, 6.45) is 2.22. The summed E-state index contributed by atoms with van der Waals surface area (Å²) in [7, 11) is 4.24.